The summed E-state index contributed by atoms with van der Waals surface area (Å²) in [6.07, 6.45) is 12.9. The number of aliphatic carboxylic acids is 1. The molecule has 0 aliphatic carbocycles. The van der Waals surface area contributed by atoms with E-state index < -0.39 is 33.7 Å². The third-order valence-electron chi connectivity index (χ3n) is 4.22. The Balaban J connectivity index is 0. The summed E-state index contributed by atoms with van der Waals surface area (Å²) < 4.78 is 35.8. The van der Waals surface area contributed by atoms with Crippen LogP contribution in [0.1, 0.15) is 90.4 Å². The van der Waals surface area contributed by atoms with Gasteiger partial charge in [0.2, 0.25) is 0 Å². The Hall–Kier alpha value is 0.110. The summed E-state index contributed by atoms with van der Waals surface area (Å²) in [5.41, 5.74) is 0. The molecule has 1 atom stereocenters. The molecular formula is C18H36CaO7S. The molecule has 0 aromatic rings. The van der Waals surface area contributed by atoms with Crippen LogP contribution in [-0.2, 0) is 24.4 Å². The molecule has 0 saturated heterocycles. The molecular weight excluding hydrogens is 400 g/mol. The molecule has 0 bridgehead atoms. The van der Waals surface area contributed by atoms with Gasteiger partial charge in [-0.25, -0.2) is 0 Å². The van der Waals surface area contributed by atoms with Crippen LogP contribution < -0.4 is 0 Å². The normalized spacial score (nSPS) is 12.2. The van der Waals surface area contributed by atoms with Crippen LogP contribution in [-0.4, -0.2) is 79.6 Å². The molecule has 0 aromatic heterocycles. The van der Waals surface area contributed by atoms with Gasteiger partial charge >= 0.3 is 49.7 Å². The van der Waals surface area contributed by atoms with Crippen molar-refractivity contribution in [2.24, 2.45) is 0 Å². The standard InChI is InChI=1S/C18H34O7S.Ca.2H/c1-2-3-4-5-6-7-8-9-10-11-12-13-14-25-18(21)16(15-17(19)20)26(22,23)24;;;/h16H,2-15H2,1H3,(H,19,20)(H,22,23,24);;;. The van der Waals surface area contributed by atoms with Crippen LogP contribution in [0.4, 0.5) is 0 Å². The van der Waals surface area contributed by atoms with Crippen molar-refractivity contribution in [1.29, 1.82) is 0 Å². The number of rotatable bonds is 17. The average Bonchev–Trinajstić information content (AvgIpc) is 2.55. The molecule has 0 aliphatic heterocycles. The predicted molar refractivity (Wildman–Crippen MR) is 108 cm³/mol. The van der Waals surface area contributed by atoms with Gasteiger partial charge in [0.05, 0.1) is 13.0 Å². The van der Waals surface area contributed by atoms with Crippen molar-refractivity contribution in [3.05, 3.63) is 0 Å². The van der Waals surface area contributed by atoms with Gasteiger partial charge in [0.1, 0.15) is 0 Å². The van der Waals surface area contributed by atoms with Gasteiger partial charge in [-0.2, -0.15) is 8.42 Å². The number of unbranched alkanes of at least 4 members (excludes halogenated alkanes) is 11. The molecule has 158 valence electrons. The average molecular weight is 437 g/mol. The van der Waals surface area contributed by atoms with E-state index in [2.05, 4.69) is 6.92 Å². The van der Waals surface area contributed by atoms with E-state index in [0.717, 1.165) is 19.3 Å². The maximum atomic E-state index is 11.6. The predicted octanol–water partition coefficient (Wildman–Crippen LogP) is 3.05. The number of hydrogen-bond donors (Lipinski definition) is 2. The van der Waals surface area contributed by atoms with E-state index >= 15 is 0 Å². The number of hydrogen-bond acceptors (Lipinski definition) is 5. The quantitative estimate of drug-likeness (QED) is 0.156. The molecule has 1 unspecified atom stereocenters. The van der Waals surface area contributed by atoms with Crippen LogP contribution in [0.5, 0.6) is 0 Å². The van der Waals surface area contributed by atoms with E-state index in [0.29, 0.717) is 6.42 Å². The maximum absolute atomic E-state index is 11.6. The second-order valence-corrected chi connectivity index (χ2v) is 8.26. The van der Waals surface area contributed by atoms with Gasteiger partial charge in [-0.1, -0.05) is 77.6 Å². The zero-order chi connectivity index (χ0) is 19.8. The first-order chi connectivity index (χ1) is 12.3. The summed E-state index contributed by atoms with van der Waals surface area (Å²) in [5.74, 6) is -2.70. The van der Waals surface area contributed by atoms with Gasteiger partial charge in [0, 0.05) is 0 Å². The number of carbonyl (C=O) groups excluding carboxylic acids is 1. The van der Waals surface area contributed by atoms with E-state index in [9.17, 15) is 18.0 Å². The fourth-order valence-corrected chi connectivity index (χ4v) is 3.34. The van der Waals surface area contributed by atoms with Crippen LogP contribution in [0, 0.1) is 0 Å². The second-order valence-electron chi connectivity index (χ2n) is 6.66. The molecule has 7 nitrogen and oxygen atoms in total. The summed E-state index contributed by atoms with van der Waals surface area (Å²) in [5, 5.41) is 6.54. The summed E-state index contributed by atoms with van der Waals surface area (Å²) in [4.78, 5) is 22.2. The fraction of sp³-hybridized carbons (Fsp3) is 0.889. The minimum absolute atomic E-state index is 0. The molecule has 0 aliphatic rings. The Kier molecular flexibility index (Phi) is 19.7. The minimum atomic E-state index is -4.78. The van der Waals surface area contributed by atoms with E-state index in [1.165, 1.54) is 51.4 Å². The van der Waals surface area contributed by atoms with Crippen molar-refractivity contribution in [3.63, 3.8) is 0 Å². The first kappa shape index (κ1) is 29.3. The van der Waals surface area contributed by atoms with Gasteiger partial charge in [0.15, 0.2) is 5.25 Å². The SMILES string of the molecule is CCCCCCCCCCCCCCOC(=O)C(CC(=O)O)S(=O)(=O)O.[CaH2]. The molecule has 0 radical (unpaired) electrons. The Morgan fingerprint density at radius 3 is 1.63 bits per heavy atom. The van der Waals surface area contributed by atoms with E-state index in [1.807, 2.05) is 0 Å². The van der Waals surface area contributed by atoms with E-state index in [-0.39, 0.29) is 44.3 Å². The van der Waals surface area contributed by atoms with E-state index in [1.54, 1.807) is 0 Å². The van der Waals surface area contributed by atoms with Crippen molar-refractivity contribution in [2.75, 3.05) is 6.61 Å². The first-order valence-electron chi connectivity index (χ1n) is 9.63. The summed E-state index contributed by atoms with van der Waals surface area (Å²) >= 11 is 0. The topological polar surface area (TPSA) is 118 Å². The van der Waals surface area contributed by atoms with Crippen molar-refractivity contribution in [3.8, 4) is 0 Å². The van der Waals surface area contributed by atoms with Gasteiger partial charge in [-0.3, -0.25) is 14.1 Å². The van der Waals surface area contributed by atoms with Crippen molar-refractivity contribution in [1.82, 2.24) is 0 Å². The molecule has 0 spiro atoms. The van der Waals surface area contributed by atoms with Crippen LogP contribution >= 0.6 is 0 Å². The zero-order valence-electron chi connectivity index (χ0n) is 15.8. The molecule has 0 aromatic carbocycles. The summed E-state index contributed by atoms with van der Waals surface area (Å²) in [7, 11) is -4.78. The fourth-order valence-electron chi connectivity index (χ4n) is 2.68. The van der Waals surface area contributed by atoms with Crippen LogP contribution in [0.15, 0.2) is 0 Å². The molecule has 0 rings (SSSR count). The Labute approximate surface area is 193 Å². The second kappa shape index (κ2) is 18.2. The first-order valence-corrected chi connectivity index (χ1v) is 11.1. The van der Waals surface area contributed by atoms with Gasteiger partial charge in [-0.15, -0.1) is 0 Å². The molecule has 0 heterocycles. The number of esters is 1. The molecule has 9 heteroatoms. The molecule has 2 N–H and O–H groups in total. The molecule has 0 saturated carbocycles. The van der Waals surface area contributed by atoms with Crippen LogP contribution in [0.3, 0.4) is 0 Å². The van der Waals surface area contributed by atoms with Crippen LogP contribution in [0.2, 0.25) is 0 Å². The molecule has 0 fully saturated rings. The Bertz CT molecular complexity index is 494. The van der Waals surface area contributed by atoms with Crippen LogP contribution in [0.25, 0.3) is 0 Å². The van der Waals surface area contributed by atoms with Gasteiger partial charge in [-0.05, 0) is 6.42 Å². The van der Waals surface area contributed by atoms with Gasteiger partial charge < -0.3 is 9.84 Å². The number of carboxylic acids is 1. The third kappa shape index (κ3) is 17.9. The third-order valence-corrected chi connectivity index (χ3v) is 5.30. The van der Waals surface area contributed by atoms with E-state index in [4.69, 9.17) is 14.4 Å². The van der Waals surface area contributed by atoms with Crippen molar-refractivity contribution >= 4 is 59.8 Å². The zero-order valence-corrected chi connectivity index (χ0v) is 16.6. The molecule has 27 heavy (non-hydrogen) atoms. The number of carboxylic acid groups (broad SMARTS) is 1. The van der Waals surface area contributed by atoms with Gasteiger partial charge in [0.25, 0.3) is 10.1 Å². The summed E-state index contributed by atoms with van der Waals surface area (Å²) in [6, 6.07) is 0. The van der Waals surface area contributed by atoms with Crippen molar-refractivity contribution in [2.45, 2.75) is 95.6 Å². The monoisotopic (exact) mass is 436 g/mol. The number of carbonyl (C=O) groups is 2. The molecule has 0 amide bonds. The summed E-state index contributed by atoms with van der Waals surface area (Å²) in [6.45, 7) is 2.24. The van der Waals surface area contributed by atoms with Crippen molar-refractivity contribution < 1.29 is 32.4 Å². The number of ether oxygens (including phenoxy) is 1. The Morgan fingerprint density at radius 1 is 0.852 bits per heavy atom. The Morgan fingerprint density at radius 2 is 1.26 bits per heavy atom.